The molecule has 1 amide bonds. The summed E-state index contributed by atoms with van der Waals surface area (Å²) in [6, 6.07) is 7.26. The Hall–Kier alpha value is -2.02. The Bertz CT molecular complexity index is 392. The van der Waals surface area contributed by atoms with Crippen molar-refractivity contribution in [3.05, 3.63) is 35.8 Å². The summed E-state index contributed by atoms with van der Waals surface area (Å²) in [6.07, 6.45) is 0.926. The predicted molar refractivity (Wildman–Crippen MR) is 65.0 cm³/mol. The van der Waals surface area contributed by atoms with Gasteiger partial charge in [0.25, 0.3) is 0 Å². The second-order valence-corrected chi connectivity index (χ2v) is 3.45. The van der Waals surface area contributed by atoms with Gasteiger partial charge in [0.2, 0.25) is 5.91 Å². The third kappa shape index (κ3) is 3.28. The quantitative estimate of drug-likeness (QED) is 0.622. The summed E-state index contributed by atoms with van der Waals surface area (Å²) < 4.78 is 0. The van der Waals surface area contributed by atoms with E-state index in [2.05, 4.69) is 10.3 Å². The first-order valence-corrected chi connectivity index (χ1v) is 5.20. The van der Waals surface area contributed by atoms with Crippen LogP contribution < -0.4 is 10.3 Å². The molecule has 1 rings (SSSR count). The Balaban J connectivity index is 2.77. The molecule has 0 atom stereocenters. The van der Waals surface area contributed by atoms with Gasteiger partial charge in [-0.1, -0.05) is 11.9 Å². The van der Waals surface area contributed by atoms with Crippen LogP contribution >= 0.6 is 0 Å². The van der Waals surface area contributed by atoms with Crippen LogP contribution in [0.25, 0.3) is 4.95 Å². The number of hydrogen-bond acceptors (Lipinski definition) is 2. The molecule has 1 aromatic carbocycles. The number of nitrogens with zero attached hydrogens (tertiary/aromatic N) is 2. The van der Waals surface area contributed by atoms with E-state index in [1.54, 1.807) is 17.1 Å². The maximum atomic E-state index is 10.8. The highest BCUT2D eigenvalue weighted by molar-refractivity contribution is 5.88. The molecular weight excluding hydrogens is 202 g/mol. The van der Waals surface area contributed by atoms with Crippen molar-refractivity contribution in [1.29, 1.82) is 0 Å². The largest absolute Gasteiger partial charge is 0.326 e. The van der Waals surface area contributed by atoms with E-state index in [9.17, 15) is 4.79 Å². The highest BCUT2D eigenvalue weighted by atomic mass is 16.1. The molecule has 1 N–H and O–H groups in total. The summed E-state index contributed by atoms with van der Waals surface area (Å²) in [7, 11) is 0. The fraction of sp³-hybridized carbons (Fsp3) is 0.333. The second-order valence-electron chi connectivity index (χ2n) is 3.45. The van der Waals surface area contributed by atoms with Gasteiger partial charge in [-0.2, -0.15) is 11.5 Å². The van der Waals surface area contributed by atoms with Crippen molar-refractivity contribution in [1.82, 2.24) is 0 Å². The van der Waals surface area contributed by atoms with E-state index in [0.717, 1.165) is 17.8 Å². The van der Waals surface area contributed by atoms with Gasteiger partial charge in [0.1, 0.15) is 5.69 Å². The Morgan fingerprint density at radius 1 is 1.44 bits per heavy atom. The lowest BCUT2D eigenvalue weighted by Gasteiger charge is -2.09. The molecule has 0 bridgehead atoms. The molecule has 0 aliphatic heterocycles. The number of anilines is 2. The van der Waals surface area contributed by atoms with Crippen molar-refractivity contribution in [3.63, 3.8) is 0 Å². The van der Waals surface area contributed by atoms with Gasteiger partial charge in [0.05, 0.1) is 6.54 Å². The minimum absolute atomic E-state index is 0.0941. The number of rotatable bonds is 4. The first-order chi connectivity index (χ1) is 7.67. The number of amides is 1. The molecule has 4 heteroatoms. The van der Waals surface area contributed by atoms with Crippen molar-refractivity contribution in [2.75, 3.05) is 16.9 Å². The summed E-state index contributed by atoms with van der Waals surface area (Å²) >= 11 is 0. The van der Waals surface area contributed by atoms with Gasteiger partial charge in [0.15, 0.2) is 0 Å². The Morgan fingerprint density at radius 3 is 2.50 bits per heavy atom. The van der Waals surface area contributed by atoms with Crippen LogP contribution in [0.1, 0.15) is 20.3 Å². The zero-order valence-corrected chi connectivity index (χ0v) is 9.53. The minimum Gasteiger partial charge on any atom is -0.326 e. The topological polar surface area (TPSA) is 36.7 Å². The van der Waals surface area contributed by atoms with Crippen molar-refractivity contribution >= 4 is 17.3 Å². The number of nitrogens with one attached hydrogen (secondary N) is 1. The SMILES string of the molecule is [C-]#[N+]N(CCC)c1ccc(NC(C)=O)cc1. The normalized spacial score (nSPS) is 9.31. The van der Waals surface area contributed by atoms with Crippen molar-refractivity contribution in [3.8, 4) is 0 Å². The molecule has 1 aromatic rings. The fourth-order valence-electron chi connectivity index (χ4n) is 1.37. The molecule has 0 spiro atoms. The average molecular weight is 217 g/mol. The highest BCUT2D eigenvalue weighted by Crippen LogP contribution is 2.18. The average Bonchev–Trinajstić information content (AvgIpc) is 2.26. The molecule has 0 aliphatic rings. The van der Waals surface area contributed by atoms with Crippen molar-refractivity contribution < 1.29 is 4.79 Å². The van der Waals surface area contributed by atoms with Crippen LogP contribution in [-0.4, -0.2) is 12.5 Å². The Kier molecular flexibility index (Phi) is 4.34. The second kappa shape index (κ2) is 5.76. The zero-order valence-electron chi connectivity index (χ0n) is 9.53. The molecule has 4 nitrogen and oxygen atoms in total. The predicted octanol–water partition coefficient (Wildman–Crippen LogP) is 2.70. The van der Waals surface area contributed by atoms with Crippen molar-refractivity contribution in [2.45, 2.75) is 20.3 Å². The van der Waals surface area contributed by atoms with Crippen LogP contribution in [0.15, 0.2) is 24.3 Å². The van der Waals surface area contributed by atoms with E-state index in [0.29, 0.717) is 6.54 Å². The van der Waals surface area contributed by atoms with E-state index >= 15 is 0 Å². The van der Waals surface area contributed by atoms with Crippen LogP contribution in [0.2, 0.25) is 0 Å². The first kappa shape index (κ1) is 12.1. The molecule has 0 saturated heterocycles. The van der Waals surface area contributed by atoms with Crippen LogP contribution in [-0.2, 0) is 4.79 Å². The molecule has 0 fully saturated rings. The van der Waals surface area contributed by atoms with Gasteiger partial charge in [-0.05, 0) is 30.7 Å². The van der Waals surface area contributed by atoms with Crippen molar-refractivity contribution in [2.24, 2.45) is 0 Å². The van der Waals surface area contributed by atoms with Gasteiger partial charge in [-0.15, -0.1) is 0 Å². The molecule has 16 heavy (non-hydrogen) atoms. The maximum absolute atomic E-state index is 10.8. The lowest BCUT2D eigenvalue weighted by molar-refractivity contribution is -0.114. The Morgan fingerprint density at radius 2 is 2.06 bits per heavy atom. The summed E-state index contributed by atoms with van der Waals surface area (Å²) in [5.41, 5.74) is 1.60. The van der Waals surface area contributed by atoms with Gasteiger partial charge in [0, 0.05) is 12.6 Å². The summed E-state index contributed by atoms with van der Waals surface area (Å²) in [4.78, 5) is 14.3. The van der Waals surface area contributed by atoms with E-state index in [-0.39, 0.29) is 5.91 Å². The van der Waals surface area contributed by atoms with E-state index in [4.69, 9.17) is 6.57 Å². The number of carbonyl (C=O) groups excluding carboxylic acids is 1. The monoisotopic (exact) mass is 217 g/mol. The number of carbonyl (C=O) groups is 1. The van der Waals surface area contributed by atoms with E-state index in [1.165, 1.54) is 6.92 Å². The number of hydrogen-bond donors (Lipinski definition) is 1. The van der Waals surface area contributed by atoms with Gasteiger partial charge < -0.3 is 5.32 Å². The molecule has 0 saturated carbocycles. The minimum atomic E-state index is -0.0941. The van der Waals surface area contributed by atoms with Crippen LogP contribution in [0.5, 0.6) is 0 Å². The molecule has 0 aliphatic carbocycles. The van der Waals surface area contributed by atoms with Gasteiger partial charge >= 0.3 is 0 Å². The summed E-state index contributed by atoms with van der Waals surface area (Å²) in [5.74, 6) is -0.0941. The van der Waals surface area contributed by atoms with Gasteiger partial charge in [-0.3, -0.25) is 4.79 Å². The highest BCUT2D eigenvalue weighted by Gasteiger charge is 2.08. The smallest absolute Gasteiger partial charge is 0.221 e. The standard InChI is InChI=1S/C12H15N3O/c1-4-9-15(13-3)12-7-5-11(6-8-12)14-10(2)16/h5-8H,4,9H2,1-2H3,(H,14,16). The summed E-state index contributed by atoms with van der Waals surface area (Å²) in [6.45, 7) is 11.3. The lowest BCUT2D eigenvalue weighted by atomic mass is 10.2. The first-order valence-electron chi connectivity index (χ1n) is 5.20. The molecule has 0 unspecified atom stereocenters. The van der Waals surface area contributed by atoms with Crippen LogP contribution in [0.3, 0.4) is 0 Å². The molecule has 0 heterocycles. The third-order valence-electron chi connectivity index (χ3n) is 2.04. The lowest BCUT2D eigenvalue weighted by Crippen LogP contribution is -2.14. The zero-order chi connectivity index (χ0) is 12.0. The molecular formula is C12H15N3O. The molecule has 0 aromatic heterocycles. The van der Waals surface area contributed by atoms with Crippen LogP contribution in [0, 0.1) is 6.57 Å². The molecule has 0 radical (unpaired) electrons. The number of benzene rings is 1. The third-order valence-corrected chi connectivity index (χ3v) is 2.04. The van der Waals surface area contributed by atoms with Gasteiger partial charge in [-0.25, -0.2) is 0 Å². The van der Waals surface area contributed by atoms with E-state index < -0.39 is 0 Å². The molecule has 84 valence electrons. The fourth-order valence-corrected chi connectivity index (χ4v) is 1.37. The Labute approximate surface area is 95.7 Å². The summed E-state index contributed by atoms with van der Waals surface area (Å²) in [5, 5.41) is 4.29. The van der Waals surface area contributed by atoms with E-state index in [1.807, 2.05) is 19.1 Å². The van der Waals surface area contributed by atoms with Crippen LogP contribution in [0.4, 0.5) is 11.4 Å². The maximum Gasteiger partial charge on any atom is 0.221 e.